The molecule has 2 fully saturated rings. The van der Waals surface area contributed by atoms with E-state index < -0.39 is 6.10 Å². The lowest BCUT2D eigenvalue weighted by atomic mass is 10.0. The van der Waals surface area contributed by atoms with Crippen molar-refractivity contribution in [3.8, 4) is 0 Å². The zero-order valence-electron chi connectivity index (χ0n) is 9.48. The third-order valence-electron chi connectivity index (χ3n) is 3.81. The van der Waals surface area contributed by atoms with Crippen LogP contribution < -0.4 is 0 Å². The predicted octanol–water partition coefficient (Wildman–Crippen LogP) is 1.55. The quantitative estimate of drug-likeness (QED) is 0.668. The first-order valence-corrected chi connectivity index (χ1v) is 6.14. The molecule has 0 bridgehead atoms. The van der Waals surface area contributed by atoms with Crippen molar-refractivity contribution >= 4 is 5.91 Å². The lowest BCUT2D eigenvalue weighted by Crippen LogP contribution is -2.36. The van der Waals surface area contributed by atoms with Gasteiger partial charge in [-0.05, 0) is 25.2 Å². The Morgan fingerprint density at radius 3 is 2.73 bits per heavy atom. The van der Waals surface area contributed by atoms with Crippen molar-refractivity contribution in [2.24, 2.45) is 5.92 Å². The third-order valence-corrected chi connectivity index (χ3v) is 3.81. The fourth-order valence-electron chi connectivity index (χ4n) is 2.84. The molecule has 1 saturated heterocycles. The molecule has 0 spiro atoms. The van der Waals surface area contributed by atoms with Crippen molar-refractivity contribution < 1.29 is 9.90 Å². The molecule has 0 aromatic rings. The number of hydrogen-bond donors (Lipinski definition) is 1. The number of β-amino-alcohol motifs (C(OH)–C–C–N with tert-alkyl or cyclic N) is 1. The number of carbonyl (C=O) groups is 1. The Morgan fingerprint density at radius 1 is 1.27 bits per heavy atom. The molecule has 3 atom stereocenters. The standard InChI is InChI=1S/C12H21NO2/c1-9-3-2-4-10(6-5-9)13-8-11(14)7-12(13)15/h9-11,14H,2-8H2,1H3. The minimum atomic E-state index is -0.418. The minimum absolute atomic E-state index is 0.155. The smallest absolute Gasteiger partial charge is 0.225 e. The molecule has 3 nitrogen and oxygen atoms in total. The zero-order valence-corrected chi connectivity index (χ0v) is 9.48. The van der Waals surface area contributed by atoms with Gasteiger partial charge in [0.15, 0.2) is 0 Å². The normalized spacial score (nSPS) is 38.1. The average Bonchev–Trinajstić information content (AvgIpc) is 2.39. The molecular formula is C12H21NO2. The maximum atomic E-state index is 11.6. The van der Waals surface area contributed by atoms with Crippen LogP contribution in [0.25, 0.3) is 0 Å². The van der Waals surface area contributed by atoms with Crippen molar-refractivity contribution in [2.75, 3.05) is 6.54 Å². The van der Waals surface area contributed by atoms with Gasteiger partial charge in [0.05, 0.1) is 12.5 Å². The van der Waals surface area contributed by atoms with E-state index >= 15 is 0 Å². The van der Waals surface area contributed by atoms with Crippen LogP contribution in [-0.4, -0.2) is 34.6 Å². The Bertz CT molecular complexity index is 242. The van der Waals surface area contributed by atoms with Crippen LogP contribution >= 0.6 is 0 Å². The van der Waals surface area contributed by atoms with Gasteiger partial charge < -0.3 is 10.0 Å². The zero-order chi connectivity index (χ0) is 10.8. The minimum Gasteiger partial charge on any atom is -0.391 e. The molecule has 2 rings (SSSR count). The second-order valence-electron chi connectivity index (χ2n) is 5.17. The van der Waals surface area contributed by atoms with Crippen molar-refractivity contribution in [1.29, 1.82) is 0 Å². The molecule has 1 saturated carbocycles. The van der Waals surface area contributed by atoms with Crippen molar-refractivity contribution in [3.05, 3.63) is 0 Å². The van der Waals surface area contributed by atoms with E-state index in [9.17, 15) is 9.90 Å². The van der Waals surface area contributed by atoms with Crippen molar-refractivity contribution in [2.45, 2.75) is 57.6 Å². The number of amides is 1. The Labute approximate surface area is 91.5 Å². The summed E-state index contributed by atoms with van der Waals surface area (Å²) in [5.41, 5.74) is 0. The monoisotopic (exact) mass is 211 g/mol. The van der Waals surface area contributed by atoms with E-state index in [0.717, 1.165) is 18.8 Å². The molecule has 3 heteroatoms. The molecule has 0 radical (unpaired) electrons. The summed E-state index contributed by atoms with van der Waals surface area (Å²) in [6, 6.07) is 0.402. The van der Waals surface area contributed by atoms with Gasteiger partial charge in [0, 0.05) is 12.6 Å². The SMILES string of the molecule is CC1CCCC(N2CC(O)CC2=O)CC1. The highest BCUT2D eigenvalue weighted by atomic mass is 16.3. The van der Waals surface area contributed by atoms with E-state index in [-0.39, 0.29) is 5.91 Å². The average molecular weight is 211 g/mol. The van der Waals surface area contributed by atoms with Crippen LogP contribution in [0.15, 0.2) is 0 Å². The van der Waals surface area contributed by atoms with Crippen LogP contribution in [0, 0.1) is 5.92 Å². The first kappa shape index (κ1) is 10.9. The molecule has 2 aliphatic rings. The van der Waals surface area contributed by atoms with Gasteiger partial charge in [0.1, 0.15) is 0 Å². The second-order valence-corrected chi connectivity index (χ2v) is 5.17. The lowest BCUT2D eigenvalue weighted by molar-refractivity contribution is -0.129. The summed E-state index contributed by atoms with van der Waals surface area (Å²) in [5, 5.41) is 9.46. The molecule has 0 aromatic heterocycles. The number of likely N-dealkylation sites (tertiary alicyclic amines) is 1. The molecule has 1 amide bonds. The number of carbonyl (C=O) groups excluding carboxylic acids is 1. The largest absolute Gasteiger partial charge is 0.391 e. The van der Waals surface area contributed by atoms with Gasteiger partial charge in [-0.2, -0.15) is 0 Å². The number of hydrogen-bond acceptors (Lipinski definition) is 2. The fourth-order valence-corrected chi connectivity index (χ4v) is 2.84. The number of nitrogens with zero attached hydrogens (tertiary/aromatic N) is 1. The summed E-state index contributed by atoms with van der Waals surface area (Å²) >= 11 is 0. The summed E-state index contributed by atoms with van der Waals surface area (Å²) in [4.78, 5) is 13.6. The first-order chi connectivity index (χ1) is 7.16. The van der Waals surface area contributed by atoms with Crippen molar-refractivity contribution in [1.82, 2.24) is 4.90 Å². The molecule has 86 valence electrons. The molecule has 1 N–H and O–H groups in total. The van der Waals surface area contributed by atoms with Crippen LogP contribution in [0.2, 0.25) is 0 Å². The number of aliphatic hydroxyl groups is 1. The third kappa shape index (κ3) is 2.51. The molecule has 3 unspecified atom stereocenters. The molecule has 15 heavy (non-hydrogen) atoms. The van der Waals surface area contributed by atoms with Gasteiger partial charge in [0.25, 0.3) is 0 Å². The van der Waals surface area contributed by atoms with Gasteiger partial charge in [-0.15, -0.1) is 0 Å². The van der Waals surface area contributed by atoms with Gasteiger partial charge in [-0.1, -0.05) is 19.8 Å². The summed E-state index contributed by atoms with van der Waals surface area (Å²) in [6.07, 6.45) is 5.92. The maximum Gasteiger partial charge on any atom is 0.225 e. The Balaban J connectivity index is 1.95. The van der Waals surface area contributed by atoms with E-state index in [1.807, 2.05) is 4.90 Å². The second kappa shape index (κ2) is 4.52. The Hall–Kier alpha value is -0.570. The van der Waals surface area contributed by atoms with Gasteiger partial charge in [-0.25, -0.2) is 0 Å². The lowest BCUT2D eigenvalue weighted by Gasteiger charge is -2.26. The van der Waals surface area contributed by atoms with Crippen LogP contribution in [0.1, 0.15) is 45.4 Å². The van der Waals surface area contributed by atoms with Crippen LogP contribution in [0.4, 0.5) is 0 Å². The molecule has 1 aliphatic carbocycles. The van der Waals surface area contributed by atoms with E-state index in [2.05, 4.69) is 6.92 Å². The molecule has 1 aliphatic heterocycles. The summed E-state index contributed by atoms with van der Waals surface area (Å²) in [5.74, 6) is 0.958. The van der Waals surface area contributed by atoms with E-state index in [4.69, 9.17) is 0 Å². The van der Waals surface area contributed by atoms with Crippen molar-refractivity contribution in [3.63, 3.8) is 0 Å². The summed E-state index contributed by atoms with van der Waals surface area (Å²) < 4.78 is 0. The highest BCUT2D eigenvalue weighted by Gasteiger charge is 2.33. The highest BCUT2D eigenvalue weighted by molar-refractivity contribution is 5.79. The number of aliphatic hydroxyl groups excluding tert-OH is 1. The Morgan fingerprint density at radius 2 is 2.07 bits per heavy atom. The Kier molecular flexibility index (Phi) is 3.29. The number of rotatable bonds is 1. The van der Waals surface area contributed by atoms with Gasteiger partial charge >= 0.3 is 0 Å². The maximum absolute atomic E-state index is 11.6. The first-order valence-electron chi connectivity index (χ1n) is 6.14. The van der Waals surface area contributed by atoms with Gasteiger partial charge in [0.2, 0.25) is 5.91 Å². The molecule has 0 aromatic carbocycles. The van der Waals surface area contributed by atoms with Crippen LogP contribution in [-0.2, 0) is 4.79 Å². The van der Waals surface area contributed by atoms with E-state index in [1.54, 1.807) is 0 Å². The van der Waals surface area contributed by atoms with Crippen LogP contribution in [0.5, 0.6) is 0 Å². The predicted molar refractivity (Wildman–Crippen MR) is 58.4 cm³/mol. The molecule has 1 heterocycles. The summed E-state index contributed by atoms with van der Waals surface area (Å²) in [6.45, 7) is 2.86. The fraction of sp³-hybridized carbons (Fsp3) is 0.917. The van der Waals surface area contributed by atoms with E-state index in [1.165, 1.54) is 19.3 Å². The highest BCUT2D eigenvalue weighted by Crippen LogP contribution is 2.28. The van der Waals surface area contributed by atoms with Crippen LogP contribution in [0.3, 0.4) is 0 Å². The van der Waals surface area contributed by atoms with Gasteiger partial charge in [-0.3, -0.25) is 4.79 Å². The molecular weight excluding hydrogens is 190 g/mol. The van der Waals surface area contributed by atoms with E-state index in [0.29, 0.717) is 19.0 Å². The topological polar surface area (TPSA) is 40.5 Å². The summed E-state index contributed by atoms with van der Waals surface area (Å²) in [7, 11) is 0.